The lowest BCUT2D eigenvalue weighted by Crippen LogP contribution is -2.39. The second-order valence-electron chi connectivity index (χ2n) is 7.64. The van der Waals surface area contributed by atoms with Crippen molar-refractivity contribution in [2.24, 2.45) is 0 Å². The Labute approximate surface area is 175 Å². The molecule has 4 rings (SSSR count). The summed E-state index contributed by atoms with van der Waals surface area (Å²) in [6, 6.07) is 9.53. The van der Waals surface area contributed by atoms with Crippen molar-refractivity contribution in [2.75, 3.05) is 13.1 Å². The van der Waals surface area contributed by atoms with Crippen LogP contribution in [0.25, 0.3) is 5.69 Å². The van der Waals surface area contributed by atoms with E-state index >= 15 is 0 Å². The highest BCUT2D eigenvalue weighted by Gasteiger charge is 2.26. The monoisotopic (exact) mass is 412 g/mol. The van der Waals surface area contributed by atoms with Gasteiger partial charge in [0.15, 0.2) is 0 Å². The van der Waals surface area contributed by atoms with Gasteiger partial charge in [0.05, 0.1) is 23.3 Å². The summed E-state index contributed by atoms with van der Waals surface area (Å²) in [5.41, 5.74) is 3.92. The molecule has 1 aliphatic heterocycles. The second-order valence-corrected chi connectivity index (χ2v) is 8.08. The summed E-state index contributed by atoms with van der Waals surface area (Å²) in [6.45, 7) is 6.10. The third-order valence-electron chi connectivity index (χ3n) is 5.44. The normalized spacial score (nSPS) is 16.9. The molecule has 0 N–H and O–H groups in total. The van der Waals surface area contributed by atoms with Gasteiger partial charge in [0, 0.05) is 42.7 Å². The molecule has 0 radical (unpaired) electrons. The Morgan fingerprint density at radius 3 is 2.76 bits per heavy atom. The number of hydrogen-bond donors (Lipinski definition) is 0. The molecule has 1 unspecified atom stereocenters. The van der Waals surface area contributed by atoms with Gasteiger partial charge in [-0.2, -0.15) is 5.10 Å². The summed E-state index contributed by atoms with van der Waals surface area (Å²) >= 11 is 5.96. The molecule has 7 nitrogen and oxygen atoms in total. The van der Waals surface area contributed by atoms with Crippen LogP contribution in [0.3, 0.4) is 0 Å². The van der Waals surface area contributed by atoms with Gasteiger partial charge in [-0.3, -0.25) is 9.48 Å². The first-order valence-electron chi connectivity index (χ1n) is 9.96. The van der Waals surface area contributed by atoms with Gasteiger partial charge < -0.3 is 4.90 Å². The van der Waals surface area contributed by atoms with Gasteiger partial charge in [-0.25, -0.2) is 4.68 Å². The van der Waals surface area contributed by atoms with Crippen molar-refractivity contribution in [3.8, 4) is 5.69 Å². The van der Waals surface area contributed by atoms with Gasteiger partial charge in [-0.15, -0.1) is 5.10 Å². The van der Waals surface area contributed by atoms with Crippen molar-refractivity contribution in [2.45, 2.75) is 45.6 Å². The molecular formula is C21H25ClN6O. The zero-order chi connectivity index (χ0) is 20.4. The first-order chi connectivity index (χ1) is 14.0. The summed E-state index contributed by atoms with van der Waals surface area (Å²) in [6.07, 6.45) is 4.41. The Hall–Kier alpha value is -2.67. The molecule has 3 heterocycles. The maximum Gasteiger partial charge on any atom is 0.224 e. The molecule has 0 spiro atoms. The lowest BCUT2D eigenvalue weighted by atomic mass is 9.95. The van der Waals surface area contributed by atoms with Crippen molar-refractivity contribution in [1.82, 2.24) is 29.7 Å². The van der Waals surface area contributed by atoms with Crippen LogP contribution in [0.4, 0.5) is 0 Å². The quantitative estimate of drug-likeness (QED) is 0.642. The predicted octanol–water partition coefficient (Wildman–Crippen LogP) is 3.53. The molecule has 152 valence electrons. The number of rotatable bonds is 5. The number of carbonyl (C=O) groups excluding carboxylic acids is 1. The van der Waals surface area contributed by atoms with Crippen molar-refractivity contribution in [3.05, 3.63) is 58.6 Å². The minimum absolute atomic E-state index is 0.173. The van der Waals surface area contributed by atoms with Gasteiger partial charge in [-0.1, -0.05) is 16.8 Å². The van der Waals surface area contributed by atoms with Gasteiger partial charge in [0.25, 0.3) is 0 Å². The van der Waals surface area contributed by atoms with Gasteiger partial charge in [-0.05, 0) is 57.0 Å². The lowest BCUT2D eigenvalue weighted by Gasteiger charge is -2.32. The van der Waals surface area contributed by atoms with Gasteiger partial charge >= 0.3 is 0 Å². The standard InChI is InChI=1S/C21H25ClN6O/c1-15-12-16(2)27(24-15)11-9-21(29)26-10-3-4-17(13-26)20-14-28(25-23-20)19-7-5-18(22)6-8-19/h5-8,12,14,17H,3-4,9-11,13H2,1-2H3. The summed E-state index contributed by atoms with van der Waals surface area (Å²) in [4.78, 5) is 14.7. The maximum absolute atomic E-state index is 12.8. The summed E-state index contributed by atoms with van der Waals surface area (Å²) in [5, 5.41) is 13.8. The molecule has 2 aromatic heterocycles. The summed E-state index contributed by atoms with van der Waals surface area (Å²) in [7, 11) is 0. The topological polar surface area (TPSA) is 68.8 Å². The fourth-order valence-electron chi connectivity index (χ4n) is 3.89. The van der Waals surface area contributed by atoms with E-state index in [1.54, 1.807) is 4.68 Å². The smallest absolute Gasteiger partial charge is 0.224 e. The Kier molecular flexibility index (Phi) is 5.67. The largest absolute Gasteiger partial charge is 0.342 e. The third kappa shape index (κ3) is 4.50. The highest BCUT2D eigenvalue weighted by atomic mass is 35.5. The molecule has 0 saturated carbocycles. The molecular weight excluding hydrogens is 388 g/mol. The van der Waals surface area contributed by atoms with Crippen LogP contribution >= 0.6 is 11.6 Å². The van der Waals surface area contributed by atoms with Crippen molar-refractivity contribution in [1.29, 1.82) is 0 Å². The predicted molar refractivity (Wildman–Crippen MR) is 111 cm³/mol. The zero-order valence-electron chi connectivity index (χ0n) is 16.8. The van der Waals surface area contributed by atoms with Crippen LogP contribution in [-0.4, -0.2) is 48.7 Å². The first kappa shape index (κ1) is 19.6. The second kappa shape index (κ2) is 8.37. The van der Waals surface area contributed by atoms with E-state index < -0.39 is 0 Å². The molecule has 1 amide bonds. The third-order valence-corrected chi connectivity index (χ3v) is 5.69. The summed E-state index contributed by atoms with van der Waals surface area (Å²) in [5.74, 6) is 0.384. The Bertz CT molecular complexity index is 993. The van der Waals surface area contributed by atoms with E-state index in [-0.39, 0.29) is 11.8 Å². The molecule has 0 bridgehead atoms. The van der Waals surface area contributed by atoms with Crippen molar-refractivity contribution >= 4 is 17.5 Å². The van der Waals surface area contributed by atoms with E-state index in [2.05, 4.69) is 15.4 Å². The van der Waals surface area contributed by atoms with Crippen molar-refractivity contribution < 1.29 is 4.79 Å². The van der Waals surface area contributed by atoms with Gasteiger partial charge in [0.2, 0.25) is 5.91 Å². The van der Waals surface area contributed by atoms with E-state index in [4.69, 9.17) is 11.6 Å². The van der Waals surface area contributed by atoms with E-state index in [0.717, 1.165) is 42.2 Å². The molecule has 3 aromatic rings. The number of halogens is 1. The Balaban J connectivity index is 1.38. The molecule has 1 atom stereocenters. The highest BCUT2D eigenvalue weighted by molar-refractivity contribution is 6.30. The molecule has 1 saturated heterocycles. The summed E-state index contributed by atoms with van der Waals surface area (Å²) < 4.78 is 3.67. The number of benzene rings is 1. The van der Waals surface area contributed by atoms with Crippen LogP contribution in [-0.2, 0) is 11.3 Å². The molecule has 29 heavy (non-hydrogen) atoms. The number of aromatic nitrogens is 5. The van der Waals surface area contributed by atoms with Crippen LogP contribution < -0.4 is 0 Å². The number of aryl methyl sites for hydroxylation is 3. The van der Waals surface area contributed by atoms with Crippen LogP contribution in [0.5, 0.6) is 0 Å². The number of likely N-dealkylation sites (tertiary alicyclic amines) is 1. The minimum Gasteiger partial charge on any atom is -0.342 e. The SMILES string of the molecule is Cc1cc(C)n(CCC(=O)N2CCCC(c3cn(-c4ccc(Cl)cc4)nn3)C2)n1. The first-order valence-corrected chi connectivity index (χ1v) is 10.3. The average Bonchev–Trinajstić information content (AvgIpc) is 3.33. The van der Waals surface area contributed by atoms with E-state index in [0.29, 0.717) is 24.5 Å². The molecule has 1 aromatic carbocycles. The minimum atomic E-state index is 0.173. The average molecular weight is 413 g/mol. The molecule has 0 aliphatic carbocycles. The van der Waals surface area contributed by atoms with E-state index in [1.807, 2.05) is 60.0 Å². The van der Waals surface area contributed by atoms with Crippen molar-refractivity contribution in [3.63, 3.8) is 0 Å². The van der Waals surface area contributed by atoms with Crippen LogP contribution in [0.2, 0.25) is 5.02 Å². The number of nitrogens with zero attached hydrogens (tertiary/aromatic N) is 6. The van der Waals surface area contributed by atoms with Gasteiger partial charge in [0.1, 0.15) is 0 Å². The number of hydrogen-bond acceptors (Lipinski definition) is 4. The highest BCUT2D eigenvalue weighted by Crippen LogP contribution is 2.26. The number of carbonyl (C=O) groups is 1. The van der Waals surface area contributed by atoms with E-state index in [1.165, 1.54) is 0 Å². The van der Waals surface area contributed by atoms with Crippen LogP contribution in [0.15, 0.2) is 36.5 Å². The van der Waals surface area contributed by atoms with Crippen LogP contribution in [0, 0.1) is 13.8 Å². The van der Waals surface area contributed by atoms with E-state index in [9.17, 15) is 4.79 Å². The molecule has 1 fully saturated rings. The maximum atomic E-state index is 12.8. The fourth-order valence-corrected chi connectivity index (χ4v) is 4.02. The fraction of sp³-hybridized carbons (Fsp3) is 0.429. The molecule has 1 aliphatic rings. The lowest BCUT2D eigenvalue weighted by molar-refractivity contribution is -0.132. The zero-order valence-corrected chi connectivity index (χ0v) is 17.5. The Morgan fingerprint density at radius 1 is 1.24 bits per heavy atom. The number of piperidine rings is 1. The van der Waals surface area contributed by atoms with Crippen LogP contribution in [0.1, 0.15) is 42.3 Å². The Morgan fingerprint density at radius 2 is 2.03 bits per heavy atom. The number of amides is 1. The molecule has 8 heteroatoms.